The minimum atomic E-state index is -1.47. The maximum Gasteiger partial charge on any atom is 0.203 e. The summed E-state index contributed by atoms with van der Waals surface area (Å²) in [6.45, 7) is 0. The molecule has 0 aromatic heterocycles. The van der Waals surface area contributed by atoms with Crippen LogP contribution in [-0.2, 0) is 0 Å². The molecule has 0 spiro atoms. The van der Waals surface area contributed by atoms with Crippen LogP contribution in [0.3, 0.4) is 0 Å². The van der Waals surface area contributed by atoms with E-state index in [0.29, 0.717) is 12.1 Å². The molecule has 1 aromatic rings. The van der Waals surface area contributed by atoms with Gasteiger partial charge in [0.2, 0.25) is 5.82 Å². The van der Waals surface area contributed by atoms with E-state index in [1.54, 1.807) is 0 Å². The van der Waals surface area contributed by atoms with Crippen LogP contribution in [0.4, 0.5) is 13.2 Å². The van der Waals surface area contributed by atoms with Crippen molar-refractivity contribution in [2.75, 3.05) is 0 Å². The lowest BCUT2D eigenvalue weighted by atomic mass is 10.0. The highest BCUT2D eigenvalue weighted by Crippen LogP contribution is 2.31. The molecule has 5 heteroatoms. The first-order chi connectivity index (χ1) is 8.63. The summed E-state index contributed by atoms with van der Waals surface area (Å²) in [5, 5.41) is 3.43. The first-order valence-corrected chi connectivity index (χ1v) is 6.19. The van der Waals surface area contributed by atoms with Gasteiger partial charge in [0, 0.05) is 12.1 Å². The average Bonchev–Trinajstić information content (AvgIpc) is 2.70. The summed E-state index contributed by atoms with van der Waals surface area (Å²) in [5.41, 5.74) is 0. The van der Waals surface area contributed by atoms with Gasteiger partial charge in [0.1, 0.15) is 6.10 Å². The van der Waals surface area contributed by atoms with Gasteiger partial charge in [-0.3, -0.25) is 0 Å². The molecule has 2 nitrogen and oxygen atoms in total. The van der Waals surface area contributed by atoms with E-state index in [2.05, 4.69) is 5.32 Å². The highest BCUT2D eigenvalue weighted by Gasteiger charge is 2.35. The first kappa shape index (κ1) is 11.8. The number of hydrogen-bond acceptors (Lipinski definition) is 2. The second kappa shape index (κ2) is 4.46. The lowest BCUT2D eigenvalue weighted by Gasteiger charge is -2.29. The number of nitrogens with one attached hydrogen (secondary N) is 1. The highest BCUT2D eigenvalue weighted by atomic mass is 19.2. The van der Waals surface area contributed by atoms with E-state index in [0.717, 1.165) is 37.8 Å². The molecule has 0 saturated carbocycles. The molecular formula is C13H14F3NO. The number of ether oxygens (including phenoxy) is 1. The zero-order chi connectivity index (χ0) is 12.7. The summed E-state index contributed by atoms with van der Waals surface area (Å²) >= 11 is 0. The van der Waals surface area contributed by atoms with Crippen molar-refractivity contribution >= 4 is 0 Å². The number of halogens is 3. The maximum absolute atomic E-state index is 13.5. The number of piperidine rings is 1. The van der Waals surface area contributed by atoms with Crippen molar-refractivity contribution in [1.29, 1.82) is 0 Å². The molecule has 98 valence electrons. The third kappa shape index (κ3) is 2.07. The molecular weight excluding hydrogens is 243 g/mol. The van der Waals surface area contributed by atoms with Crippen LogP contribution >= 0.6 is 0 Å². The van der Waals surface area contributed by atoms with E-state index in [1.807, 2.05) is 0 Å². The zero-order valence-corrected chi connectivity index (χ0v) is 9.76. The zero-order valence-electron chi connectivity index (χ0n) is 9.76. The molecule has 1 aromatic carbocycles. The lowest BCUT2D eigenvalue weighted by Crippen LogP contribution is -2.42. The van der Waals surface area contributed by atoms with E-state index < -0.39 is 17.5 Å². The fraction of sp³-hybridized carbons (Fsp3) is 0.538. The number of benzene rings is 1. The Labute approximate surface area is 103 Å². The molecule has 2 bridgehead atoms. The number of hydrogen-bond donors (Lipinski definition) is 1. The van der Waals surface area contributed by atoms with Crippen LogP contribution in [0, 0.1) is 17.5 Å². The molecule has 3 rings (SSSR count). The normalized spacial score (nSPS) is 30.5. The first-order valence-electron chi connectivity index (χ1n) is 6.19. The van der Waals surface area contributed by atoms with Crippen molar-refractivity contribution in [1.82, 2.24) is 5.32 Å². The summed E-state index contributed by atoms with van der Waals surface area (Å²) in [6, 6.07) is 2.85. The Balaban J connectivity index is 1.75. The Kier molecular flexibility index (Phi) is 2.93. The van der Waals surface area contributed by atoms with E-state index >= 15 is 0 Å². The lowest BCUT2D eigenvalue weighted by molar-refractivity contribution is 0.130. The average molecular weight is 257 g/mol. The molecule has 2 atom stereocenters. The number of fused-ring (bicyclic) bond motifs is 2. The summed E-state index contributed by atoms with van der Waals surface area (Å²) in [4.78, 5) is 0. The van der Waals surface area contributed by atoms with Crippen molar-refractivity contribution in [2.45, 2.75) is 43.9 Å². The van der Waals surface area contributed by atoms with Crippen LogP contribution in [0.5, 0.6) is 5.75 Å². The largest absolute Gasteiger partial charge is 0.487 e. The highest BCUT2D eigenvalue weighted by molar-refractivity contribution is 5.26. The van der Waals surface area contributed by atoms with E-state index in [9.17, 15) is 13.2 Å². The van der Waals surface area contributed by atoms with Crippen molar-refractivity contribution in [3.63, 3.8) is 0 Å². The standard InChI is InChI=1S/C13H14F3NO/c14-10-3-4-11(13(16)12(10)15)18-9-5-7-1-2-8(6-9)17-7/h3-4,7-9,17H,1-2,5-6H2. The van der Waals surface area contributed by atoms with Gasteiger partial charge >= 0.3 is 0 Å². The van der Waals surface area contributed by atoms with E-state index in [-0.39, 0.29) is 11.9 Å². The topological polar surface area (TPSA) is 21.3 Å². The maximum atomic E-state index is 13.5. The summed E-state index contributed by atoms with van der Waals surface area (Å²) < 4.78 is 44.8. The summed E-state index contributed by atoms with van der Waals surface area (Å²) in [7, 11) is 0. The van der Waals surface area contributed by atoms with E-state index in [4.69, 9.17) is 4.74 Å². The summed E-state index contributed by atoms with van der Waals surface area (Å²) in [5.74, 6) is -4.09. The summed E-state index contributed by atoms with van der Waals surface area (Å²) in [6.07, 6.45) is 3.66. The van der Waals surface area contributed by atoms with Gasteiger partial charge in [-0.05, 0) is 37.8 Å². The van der Waals surface area contributed by atoms with Crippen LogP contribution in [0.2, 0.25) is 0 Å². The van der Waals surface area contributed by atoms with Gasteiger partial charge in [-0.15, -0.1) is 0 Å². The van der Waals surface area contributed by atoms with Crippen LogP contribution in [0.25, 0.3) is 0 Å². The van der Waals surface area contributed by atoms with Gasteiger partial charge < -0.3 is 10.1 Å². The SMILES string of the molecule is Fc1ccc(OC2CC3CCC(C2)N3)c(F)c1F. The van der Waals surface area contributed by atoms with Gasteiger partial charge in [0.15, 0.2) is 17.4 Å². The Hall–Kier alpha value is -1.23. The Bertz CT molecular complexity index is 454. The second-order valence-electron chi connectivity index (χ2n) is 5.02. The molecule has 2 fully saturated rings. The van der Waals surface area contributed by atoms with Gasteiger partial charge in [0.05, 0.1) is 0 Å². The van der Waals surface area contributed by atoms with Gasteiger partial charge in [-0.25, -0.2) is 8.78 Å². The van der Waals surface area contributed by atoms with Crippen LogP contribution < -0.4 is 10.1 Å². The van der Waals surface area contributed by atoms with Crippen LogP contribution in [0.15, 0.2) is 12.1 Å². The molecule has 2 aliphatic heterocycles. The van der Waals surface area contributed by atoms with Crippen LogP contribution in [0.1, 0.15) is 25.7 Å². The fourth-order valence-corrected chi connectivity index (χ4v) is 2.88. The van der Waals surface area contributed by atoms with Crippen LogP contribution in [-0.4, -0.2) is 18.2 Å². The minimum Gasteiger partial charge on any atom is -0.487 e. The van der Waals surface area contributed by atoms with Crippen molar-refractivity contribution in [2.24, 2.45) is 0 Å². The molecule has 0 radical (unpaired) electrons. The molecule has 1 N–H and O–H groups in total. The van der Waals surface area contributed by atoms with E-state index in [1.165, 1.54) is 0 Å². The third-order valence-corrected chi connectivity index (χ3v) is 3.72. The fourth-order valence-electron chi connectivity index (χ4n) is 2.88. The molecule has 0 aliphatic carbocycles. The quantitative estimate of drug-likeness (QED) is 0.823. The second-order valence-corrected chi connectivity index (χ2v) is 5.02. The van der Waals surface area contributed by atoms with Crippen molar-refractivity contribution in [3.05, 3.63) is 29.6 Å². The monoisotopic (exact) mass is 257 g/mol. The third-order valence-electron chi connectivity index (χ3n) is 3.72. The molecule has 2 saturated heterocycles. The van der Waals surface area contributed by atoms with Crippen molar-refractivity contribution < 1.29 is 17.9 Å². The molecule has 2 aliphatic rings. The molecule has 2 unspecified atom stereocenters. The van der Waals surface area contributed by atoms with Gasteiger partial charge in [-0.1, -0.05) is 0 Å². The molecule has 2 heterocycles. The Morgan fingerprint density at radius 2 is 1.67 bits per heavy atom. The Morgan fingerprint density at radius 1 is 1.00 bits per heavy atom. The Morgan fingerprint density at radius 3 is 2.33 bits per heavy atom. The molecule has 0 amide bonds. The minimum absolute atomic E-state index is 0.122. The smallest absolute Gasteiger partial charge is 0.203 e. The number of rotatable bonds is 2. The predicted molar refractivity (Wildman–Crippen MR) is 59.9 cm³/mol. The van der Waals surface area contributed by atoms with Gasteiger partial charge in [-0.2, -0.15) is 4.39 Å². The van der Waals surface area contributed by atoms with Crippen molar-refractivity contribution in [3.8, 4) is 5.75 Å². The molecule has 18 heavy (non-hydrogen) atoms. The predicted octanol–water partition coefficient (Wildman–Crippen LogP) is 2.77. The van der Waals surface area contributed by atoms with Gasteiger partial charge in [0.25, 0.3) is 0 Å².